The van der Waals surface area contributed by atoms with Gasteiger partial charge in [-0.2, -0.15) is 0 Å². The lowest BCUT2D eigenvalue weighted by molar-refractivity contribution is -0.153. The Morgan fingerprint density at radius 1 is 1.45 bits per heavy atom. The third kappa shape index (κ3) is 5.82. The molecule has 0 spiro atoms. The van der Waals surface area contributed by atoms with Crippen molar-refractivity contribution in [2.24, 2.45) is 0 Å². The maximum Gasteiger partial charge on any atom is 0.334 e. The molecular formula is C7H14O4. The molecular weight excluding hydrogens is 148 g/mol. The van der Waals surface area contributed by atoms with E-state index in [0.717, 1.165) is 0 Å². The Bertz CT molecular complexity index is 120. The Kier molecular flexibility index (Phi) is 4.81. The van der Waals surface area contributed by atoms with Crippen molar-refractivity contribution in [1.82, 2.24) is 0 Å². The van der Waals surface area contributed by atoms with E-state index in [-0.39, 0.29) is 6.61 Å². The molecule has 0 aromatic carbocycles. The van der Waals surface area contributed by atoms with E-state index in [1.807, 2.05) is 0 Å². The maximum absolute atomic E-state index is 10.6. The lowest BCUT2D eigenvalue weighted by Crippen LogP contribution is -2.20. The number of aliphatic hydroxyl groups is 2. The van der Waals surface area contributed by atoms with E-state index in [9.17, 15) is 4.79 Å². The summed E-state index contributed by atoms with van der Waals surface area (Å²) in [5.41, 5.74) is 0. The van der Waals surface area contributed by atoms with Gasteiger partial charge in [-0.15, -0.1) is 0 Å². The fourth-order valence-corrected chi connectivity index (χ4v) is 0.451. The molecule has 0 amide bonds. The summed E-state index contributed by atoms with van der Waals surface area (Å²) < 4.78 is 4.57. The second-order valence-corrected chi connectivity index (χ2v) is 2.48. The first kappa shape index (κ1) is 10.4. The Morgan fingerprint density at radius 3 is 2.36 bits per heavy atom. The molecule has 0 rings (SSSR count). The van der Waals surface area contributed by atoms with E-state index in [1.54, 1.807) is 6.92 Å². The van der Waals surface area contributed by atoms with E-state index in [4.69, 9.17) is 10.2 Å². The third-order valence-electron chi connectivity index (χ3n) is 1.12. The summed E-state index contributed by atoms with van der Waals surface area (Å²) in [5.74, 6) is -0.648. The van der Waals surface area contributed by atoms with Gasteiger partial charge >= 0.3 is 5.97 Å². The molecule has 0 radical (unpaired) electrons. The van der Waals surface area contributed by atoms with Gasteiger partial charge in [-0.05, 0) is 13.8 Å². The van der Waals surface area contributed by atoms with Crippen LogP contribution >= 0.6 is 0 Å². The van der Waals surface area contributed by atoms with Crippen LogP contribution in [-0.4, -0.2) is 35.0 Å². The van der Waals surface area contributed by atoms with Crippen LogP contribution in [-0.2, 0) is 9.53 Å². The molecule has 66 valence electrons. The van der Waals surface area contributed by atoms with Crippen molar-refractivity contribution in [3.05, 3.63) is 0 Å². The summed E-state index contributed by atoms with van der Waals surface area (Å²) in [6, 6.07) is 0. The minimum atomic E-state index is -1.08. The molecule has 4 nitrogen and oxygen atoms in total. The molecule has 2 atom stereocenters. The number of hydrogen-bond acceptors (Lipinski definition) is 4. The molecule has 11 heavy (non-hydrogen) atoms. The maximum atomic E-state index is 10.6. The van der Waals surface area contributed by atoms with Crippen molar-refractivity contribution >= 4 is 5.97 Å². The van der Waals surface area contributed by atoms with Gasteiger partial charge in [-0.1, -0.05) is 0 Å². The predicted molar refractivity (Wildman–Crippen MR) is 38.9 cm³/mol. The van der Waals surface area contributed by atoms with E-state index >= 15 is 0 Å². The summed E-state index contributed by atoms with van der Waals surface area (Å²) >= 11 is 0. The van der Waals surface area contributed by atoms with Gasteiger partial charge < -0.3 is 14.9 Å². The van der Waals surface area contributed by atoms with Crippen molar-refractivity contribution < 1.29 is 19.7 Å². The van der Waals surface area contributed by atoms with Crippen molar-refractivity contribution in [2.75, 3.05) is 6.61 Å². The SMILES string of the molecule is C[C@H](O)CCOC(=O)[C@H](C)O. The zero-order chi connectivity index (χ0) is 8.85. The van der Waals surface area contributed by atoms with Crippen LogP contribution in [0.15, 0.2) is 0 Å². The number of carbonyl (C=O) groups is 1. The number of ether oxygens (including phenoxy) is 1. The van der Waals surface area contributed by atoms with Gasteiger partial charge in [0, 0.05) is 6.42 Å². The molecule has 4 heteroatoms. The van der Waals surface area contributed by atoms with Crippen LogP contribution in [0, 0.1) is 0 Å². The Morgan fingerprint density at radius 2 is 2.00 bits per heavy atom. The number of hydrogen-bond donors (Lipinski definition) is 2. The minimum Gasteiger partial charge on any atom is -0.464 e. The van der Waals surface area contributed by atoms with Crippen molar-refractivity contribution in [1.29, 1.82) is 0 Å². The van der Waals surface area contributed by atoms with Crippen LogP contribution in [0.2, 0.25) is 0 Å². The predicted octanol–water partition coefficient (Wildman–Crippen LogP) is -0.319. The lowest BCUT2D eigenvalue weighted by atomic mass is 10.3. The highest BCUT2D eigenvalue weighted by Gasteiger charge is 2.09. The summed E-state index contributed by atoms with van der Waals surface area (Å²) in [4.78, 5) is 10.6. The third-order valence-corrected chi connectivity index (χ3v) is 1.12. The van der Waals surface area contributed by atoms with Gasteiger partial charge in [0.05, 0.1) is 12.7 Å². The lowest BCUT2D eigenvalue weighted by Gasteiger charge is -2.07. The van der Waals surface area contributed by atoms with E-state index in [0.29, 0.717) is 6.42 Å². The summed E-state index contributed by atoms with van der Waals surface area (Å²) in [6.45, 7) is 3.10. The standard InChI is InChI=1S/C7H14O4/c1-5(8)3-4-11-7(10)6(2)9/h5-6,8-9H,3-4H2,1-2H3/t5-,6-/m0/s1. The minimum absolute atomic E-state index is 0.154. The molecule has 0 fully saturated rings. The number of esters is 1. The first-order valence-corrected chi connectivity index (χ1v) is 3.56. The van der Waals surface area contributed by atoms with Crippen LogP contribution in [0.5, 0.6) is 0 Å². The normalized spacial score (nSPS) is 15.6. The van der Waals surface area contributed by atoms with Crippen molar-refractivity contribution in [2.45, 2.75) is 32.5 Å². The molecule has 2 N–H and O–H groups in total. The molecule has 0 aromatic heterocycles. The average Bonchev–Trinajstić information content (AvgIpc) is 1.86. The molecule has 0 bridgehead atoms. The number of aliphatic hydroxyl groups excluding tert-OH is 2. The van der Waals surface area contributed by atoms with E-state index in [1.165, 1.54) is 6.92 Å². The number of carbonyl (C=O) groups excluding carboxylic acids is 1. The first-order valence-electron chi connectivity index (χ1n) is 3.56. The zero-order valence-electron chi connectivity index (χ0n) is 6.78. The van der Waals surface area contributed by atoms with Crippen molar-refractivity contribution in [3.8, 4) is 0 Å². The summed E-state index contributed by atoms with van der Waals surface area (Å²) in [6.07, 6.45) is -1.15. The van der Waals surface area contributed by atoms with Crippen LogP contribution < -0.4 is 0 Å². The molecule has 0 aromatic rings. The topological polar surface area (TPSA) is 66.8 Å². The van der Waals surface area contributed by atoms with Gasteiger partial charge in [-0.3, -0.25) is 0 Å². The Hall–Kier alpha value is -0.610. The Balaban J connectivity index is 3.32. The Labute approximate surface area is 65.8 Å². The molecule has 0 unspecified atom stereocenters. The zero-order valence-corrected chi connectivity index (χ0v) is 6.78. The smallest absolute Gasteiger partial charge is 0.334 e. The van der Waals surface area contributed by atoms with Gasteiger partial charge in [0.2, 0.25) is 0 Å². The van der Waals surface area contributed by atoms with Crippen molar-refractivity contribution in [3.63, 3.8) is 0 Å². The van der Waals surface area contributed by atoms with Crippen LogP contribution in [0.4, 0.5) is 0 Å². The van der Waals surface area contributed by atoms with Crippen LogP contribution in [0.25, 0.3) is 0 Å². The van der Waals surface area contributed by atoms with E-state index in [2.05, 4.69) is 4.74 Å². The highest BCUT2D eigenvalue weighted by molar-refractivity contribution is 5.73. The quantitative estimate of drug-likeness (QED) is 0.556. The molecule has 0 saturated heterocycles. The second-order valence-electron chi connectivity index (χ2n) is 2.48. The summed E-state index contributed by atoms with van der Waals surface area (Å²) in [5, 5.41) is 17.4. The van der Waals surface area contributed by atoms with Gasteiger partial charge in [0.25, 0.3) is 0 Å². The van der Waals surface area contributed by atoms with Crippen LogP contribution in [0.1, 0.15) is 20.3 Å². The fourth-order valence-electron chi connectivity index (χ4n) is 0.451. The molecule has 0 heterocycles. The molecule has 0 saturated carbocycles. The van der Waals surface area contributed by atoms with E-state index < -0.39 is 18.2 Å². The van der Waals surface area contributed by atoms with Gasteiger partial charge in [0.1, 0.15) is 6.10 Å². The molecule has 0 aliphatic carbocycles. The monoisotopic (exact) mass is 162 g/mol. The van der Waals surface area contributed by atoms with Gasteiger partial charge in [0.15, 0.2) is 0 Å². The summed E-state index contributed by atoms with van der Waals surface area (Å²) in [7, 11) is 0. The van der Waals surface area contributed by atoms with Gasteiger partial charge in [-0.25, -0.2) is 4.79 Å². The molecule has 0 aliphatic heterocycles. The average molecular weight is 162 g/mol. The molecule has 0 aliphatic rings. The largest absolute Gasteiger partial charge is 0.464 e. The van der Waals surface area contributed by atoms with Crippen LogP contribution in [0.3, 0.4) is 0 Å². The highest BCUT2D eigenvalue weighted by atomic mass is 16.5. The second kappa shape index (κ2) is 5.09. The number of rotatable bonds is 4. The fraction of sp³-hybridized carbons (Fsp3) is 0.857. The highest BCUT2D eigenvalue weighted by Crippen LogP contribution is 1.92. The first-order chi connectivity index (χ1) is 5.04.